The van der Waals surface area contributed by atoms with Crippen LogP contribution in [-0.2, 0) is 6.54 Å². The third-order valence-electron chi connectivity index (χ3n) is 4.41. The van der Waals surface area contributed by atoms with Crippen LogP contribution in [-0.4, -0.2) is 15.6 Å². The second kappa shape index (κ2) is 6.44. The SMILES string of the molecule is CCC(CC1CC1)NCc1cnc(C)n1-c1ccccc1. The molecule has 3 heteroatoms. The highest BCUT2D eigenvalue weighted by Crippen LogP contribution is 2.34. The number of hydrogen-bond acceptors (Lipinski definition) is 2. The summed E-state index contributed by atoms with van der Waals surface area (Å²) in [4.78, 5) is 4.49. The molecule has 1 heterocycles. The number of para-hydroxylation sites is 1. The topological polar surface area (TPSA) is 29.9 Å². The average molecular weight is 283 g/mol. The molecule has 1 N–H and O–H groups in total. The van der Waals surface area contributed by atoms with Crippen molar-refractivity contribution in [1.82, 2.24) is 14.9 Å². The van der Waals surface area contributed by atoms with Crippen molar-refractivity contribution in [3.8, 4) is 5.69 Å². The van der Waals surface area contributed by atoms with E-state index in [0.717, 1.165) is 18.3 Å². The highest BCUT2D eigenvalue weighted by molar-refractivity contribution is 5.35. The zero-order valence-electron chi connectivity index (χ0n) is 13.0. The third-order valence-corrected chi connectivity index (χ3v) is 4.41. The molecule has 0 aliphatic heterocycles. The number of benzene rings is 1. The van der Waals surface area contributed by atoms with Gasteiger partial charge in [0.1, 0.15) is 5.82 Å². The van der Waals surface area contributed by atoms with Gasteiger partial charge in [-0.2, -0.15) is 0 Å². The third kappa shape index (κ3) is 3.53. The minimum absolute atomic E-state index is 0.636. The summed E-state index contributed by atoms with van der Waals surface area (Å²) in [5.41, 5.74) is 2.44. The van der Waals surface area contributed by atoms with E-state index in [1.165, 1.54) is 37.1 Å². The van der Waals surface area contributed by atoms with Gasteiger partial charge in [-0.1, -0.05) is 38.0 Å². The largest absolute Gasteiger partial charge is 0.308 e. The molecule has 2 aromatic rings. The van der Waals surface area contributed by atoms with Crippen molar-refractivity contribution in [3.05, 3.63) is 48.0 Å². The van der Waals surface area contributed by atoms with E-state index in [9.17, 15) is 0 Å². The lowest BCUT2D eigenvalue weighted by Crippen LogP contribution is -2.29. The van der Waals surface area contributed by atoms with E-state index in [0.29, 0.717) is 6.04 Å². The lowest BCUT2D eigenvalue weighted by molar-refractivity contribution is 0.440. The van der Waals surface area contributed by atoms with Crippen LogP contribution in [0.3, 0.4) is 0 Å². The maximum Gasteiger partial charge on any atom is 0.110 e. The Morgan fingerprint density at radius 2 is 2.05 bits per heavy atom. The molecule has 0 radical (unpaired) electrons. The Hall–Kier alpha value is -1.61. The summed E-state index contributed by atoms with van der Waals surface area (Å²) in [7, 11) is 0. The van der Waals surface area contributed by atoms with Gasteiger partial charge in [-0.3, -0.25) is 4.57 Å². The van der Waals surface area contributed by atoms with Crippen LogP contribution in [0.1, 0.15) is 44.1 Å². The van der Waals surface area contributed by atoms with Crippen LogP contribution in [0, 0.1) is 12.8 Å². The van der Waals surface area contributed by atoms with Crippen molar-refractivity contribution in [2.24, 2.45) is 5.92 Å². The normalized spacial score (nSPS) is 16.1. The fourth-order valence-electron chi connectivity index (χ4n) is 2.94. The van der Waals surface area contributed by atoms with Crippen molar-refractivity contribution >= 4 is 0 Å². The van der Waals surface area contributed by atoms with Crippen LogP contribution in [0.5, 0.6) is 0 Å². The summed E-state index contributed by atoms with van der Waals surface area (Å²) in [5.74, 6) is 2.02. The summed E-state index contributed by atoms with van der Waals surface area (Å²) in [6, 6.07) is 11.1. The lowest BCUT2D eigenvalue weighted by atomic mass is 10.1. The number of nitrogens with zero attached hydrogens (tertiary/aromatic N) is 2. The highest BCUT2D eigenvalue weighted by atomic mass is 15.1. The van der Waals surface area contributed by atoms with Crippen LogP contribution < -0.4 is 5.32 Å². The monoisotopic (exact) mass is 283 g/mol. The number of nitrogens with one attached hydrogen (secondary N) is 1. The fourth-order valence-corrected chi connectivity index (χ4v) is 2.94. The highest BCUT2D eigenvalue weighted by Gasteiger charge is 2.24. The number of aromatic nitrogens is 2. The standard InChI is InChI=1S/C18H25N3/c1-3-16(11-15-9-10-15)20-13-18-12-19-14(2)21(18)17-7-5-4-6-8-17/h4-8,12,15-16,20H,3,9-11,13H2,1-2H3. The minimum atomic E-state index is 0.636. The first-order valence-corrected chi connectivity index (χ1v) is 8.10. The zero-order chi connectivity index (χ0) is 14.7. The molecule has 0 saturated heterocycles. The molecule has 0 bridgehead atoms. The Bertz CT molecular complexity index is 569. The molecule has 1 aromatic carbocycles. The quantitative estimate of drug-likeness (QED) is 0.836. The molecular weight excluding hydrogens is 258 g/mol. The maximum absolute atomic E-state index is 4.49. The predicted molar refractivity (Wildman–Crippen MR) is 86.6 cm³/mol. The van der Waals surface area contributed by atoms with Gasteiger partial charge in [0.25, 0.3) is 0 Å². The van der Waals surface area contributed by atoms with Crippen molar-refractivity contribution < 1.29 is 0 Å². The Kier molecular flexibility index (Phi) is 4.39. The molecular formula is C18H25N3. The molecule has 1 fully saturated rings. The number of hydrogen-bond donors (Lipinski definition) is 1. The van der Waals surface area contributed by atoms with Crippen LogP contribution in [0.15, 0.2) is 36.5 Å². The molecule has 1 aliphatic rings. The summed E-state index contributed by atoms with van der Waals surface area (Å²) >= 11 is 0. The molecule has 3 nitrogen and oxygen atoms in total. The van der Waals surface area contributed by atoms with E-state index < -0.39 is 0 Å². The van der Waals surface area contributed by atoms with E-state index in [2.05, 4.69) is 59.0 Å². The van der Waals surface area contributed by atoms with Gasteiger partial charge in [-0.05, 0) is 37.8 Å². The number of imidazole rings is 1. The van der Waals surface area contributed by atoms with E-state index in [4.69, 9.17) is 0 Å². The van der Waals surface area contributed by atoms with Crippen LogP contribution >= 0.6 is 0 Å². The molecule has 1 atom stereocenters. The number of rotatable bonds is 7. The zero-order valence-corrected chi connectivity index (χ0v) is 13.0. The molecule has 1 saturated carbocycles. The summed E-state index contributed by atoms with van der Waals surface area (Å²) in [6.07, 6.45) is 7.39. The van der Waals surface area contributed by atoms with Gasteiger partial charge < -0.3 is 5.32 Å². The average Bonchev–Trinajstić information content (AvgIpc) is 3.26. The second-order valence-electron chi connectivity index (χ2n) is 6.13. The molecule has 112 valence electrons. The van der Waals surface area contributed by atoms with Crippen molar-refractivity contribution in [3.63, 3.8) is 0 Å². The number of aryl methyl sites for hydroxylation is 1. The summed E-state index contributed by atoms with van der Waals surface area (Å²) < 4.78 is 2.25. The van der Waals surface area contributed by atoms with Gasteiger partial charge in [0.05, 0.1) is 11.9 Å². The van der Waals surface area contributed by atoms with Crippen LogP contribution in [0.4, 0.5) is 0 Å². The fraction of sp³-hybridized carbons (Fsp3) is 0.500. The van der Waals surface area contributed by atoms with Crippen LogP contribution in [0.2, 0.25) is 0 Å². The first-order valence-electron chi connectivity index (χ1n) is 8.10. The Morgan fingerprint density at radius 1 is 1.29 bits per heavy atom. The molecule has 0 amide bonds. The van der Waals surface area contributed by atoms with Crippen molar-refractivity contribution in [1.29, 1.82) is 0 Å². The molecule has 1 aliphatic carbocycles. The molecule has 0 spiro atoms. The smallest absolute Gasteiger partial charge is 0.110 e. The van der Waals surface area contributed by atoms with Gasteiger partial charge in [0, 0.05) is 18.3 Å². The van der Waals surface area contributed by atoms with Gasteiger partial charge in [0.2, 0.25) is 0 Å². The Morgan fingerprint density at radius 3 is 2.71 bits per heavy atom. The molecule has 1 unspecified atom stereocenters. The minimum Gasteiger partial charge on any atom is -0.308 e. The van der Waals surface area contributed by atoms with Gasteiger partial charge in [0.15, 0.2) is 0 Å². The molecule has 3 rings (SSSR count). The maximum atomic E-state index is 4.49. The van der Waals surface area contributed by atoms with E-state index in [1.54, 1.807) is 0 Å². The van der Waals surface area contributed by atoms with Crippen molar-refractivity contribution in [2.45, 2.75) is 52.1 Å². The predicted octanol–water partition coefficient (Wildman–Crippen LogP) is 3.85. The summed E-state index contributed by atoms with van der Waals surface area (Å²) in [5, 5.41) is 3.72. The lowest BCUT2D eigenvalue weighted by Gasteiger charge is -2.18. The van der Waals surface area contributed by atoms with Crippen molar-refractivity contribution in [2.75, 3.05) is 0 Å². The molecule has 1 aromatic heterocycles. The van der Waals surface area contributed by atoms with Gasteiger partial charge in [-0.15, -0.1) is 0 Å². The van der Waals surface area contributed by atoms with E-state index in [1.807, 2.05) is 6.20 Å². The molecule has 21 heavy (non-hydrogen) atoms. The Balaban J connectivity index is 1.70. The summed E-state index contributed by atoms with van der Waals surface area (Å²) in [6.45, 7) is 5.23. The van der Waals surface area contributed by atoms with Crippen LogP contribution in [0.25, 0.3) is 5.69 Å². The first-order chi connectivity index (χ1) is 10.3. The van der Waals surface area contributed by atoms with E-state index in [-0.39, 0.29) is 0 Å². The second-order valence-corrected chi connectivity index (χ2v) is 6.13. The van der Waals surface area contributed by atoms with E-state index >= 15 is 0 Å². The van der Waals surface area contributed by atoms with Gasteiger partial charge >= 0.3 is 0 Å². The first kappa shape index (κ1) is 14.3. The Labute approximate surface area is 127 Å². The van der Waals surface area contributed by atoms with Gasteiger partial charge in [-0.25, -0.2) is 4.98 Å².